The minimum absolute atomic E-state index is 0.318. The topological polar surface area (TPSA) is 76.1 Å². The molecule has 122 valence electrons. The predicted octanol–water partition coefficient (Wildman–Crippen LogP) is 3.45. The predicted molar refractivity (Wildman–Crippen MR) is 91.4 cm³/mol. The first-order valence-corrected chi connectivity index (χ1v) is 7.68. The highest BCUT2D eigenvalue weighted by Crippen LogP contribution is 2.25. The van der Waals surface area contributed by atoms with Gasteiger partial charge in [0, 0.05) is 24.0 Å². The van der Waals surface area contributed by atoms with Gasteiger partial charge in [0.2, 0.25) is 5.95 Å². The van der Waals surface area contributed by atoms with Crippen molar-refractivity contribution in [2.24, 2.45) is 0 Å². The smallest absolute Gasteiger partial charge is 0.338 e. The van der Waals surface area contributed by atoms with E-state index in [1.165, 1.54) is 0 Å². The van der Waals surface area contributed by atoms with Crippen molar-refractivity contribution in [3.8, 4) is 0 Å². The maximum atomic E-state index is 12.0. The number of anilines is 3. The molecule has 0 saturated heterocycles. The first kappa shape index (κ1) is 16.7. The van der Waals surface area contributed by atoms with Crippen molar-refractivity contribution in [1.82, 2.24) is 9.97 Å². The molecule has 1 heterocycles. The number of carbonyl (C=O) groups excluding carboxylic acids is 1. The average Bonchev–Trinajstić information content (AvgIpc) is 2.53. The van der Waals surface area contributed by atoms with Gasteiger partial charge >= 0.3 is 5.97 Å². The third-order valence-electron chi connectivity index (χ3n) is 3.39. The zero-order chi connectivity index (χ0) is 16.8. The van der Waals surface area contributed by atoms with E-state index >= 15 is 0 Å². The van der Waals surface area contributed by atoms with Crippen LogP contribution in [0.2, 0.25) is 0 Å². The van der Waals surface area contributed by atoms with Crippen LogP contribution in [0.5, 0.6) is 0 Å². The van der Waals surface area contributed by atoms with Crippen LogP contribution in [0.25, 0.3) is 0 Å². The van der Waals surface area contributed by atoms with Gasteiger partial charge in [0.05, 0.1) is 12.2 Å². The molecular formula is C17H22N4O2. The summed E-state index contributed by atoms with van der Waals surface area (Å²) in [6.45, 7) is 8.71. The zero-order valence-electron chi connectivity index (χ0n) is 13.9. The molecule has 1 aromatic carbocycles. The Morgan fingerprint density at radius 3 is 2.74 bits per heavy atom. The van der Waals surface area contributed by atoms with Gasteiger partial charge in [-0.3, -0.25) is 0 Å². The molecule has 0 aliphatic rings. The number of esters is 1. The van der Waals surface area contributed by atoms with Crippen LogP contribution in [0.3, 0.4) is 0 Å². The van der Waals surface area contributed by atoms with E-state index in [9.17, 15) is 4.79 Å². The second-order valence-corrected chi connectivity index (χ2v) is 5.08. The van der Waals surface area contributed by atoms with Gasteiger partial charge in [-0.15, -0.1) is 0 Å². The van der Waals surface area contributed by atoms with Crippen molar-refractivity contribution in [3.05, 3.63) is 41.1 Å². The SMILES string of the molecule is CCNc1ncc(C)c(Nc2cccc(C(=O)OCC)c2C)n1. The lowest BCUT2D eigenvalue weighted by atomic mass is 10.1. The van der Waals surface area contributed by atoms with Crippen molar-refractivity contribution in [3.63, 3.8) is 0 Å². The Labute approximate surface area is 136 Å². The summed E-state index contributed by atoms with van der Waals surface area (Å²) in [4.78, 5) is 20.7. The fraction of sp³-hybridized carbons (Fsp3) is 0.353. The van der Waals surface area contributed by atoms with E-state index in [2.05, 4.69) is 20.6 Å². The second-order valence-electron chi connectivity index (χ2n) is 5.08. The molecule has 0 saturated carbocycles. The molecule has 0 fully saturated rings. The highest BCUT2D eigenvalue weighted by molar-refractivity contribution is 5.93. The Hall–Kier alpha value is -2.63. The molecule has 6 heteroatoms. The number of aromatic nitrogens is 2. The fourth-order valence-corrected chi connectivity index (χ4v) is 2.14. The van der Waals surface area contributed by atoms with E-state index in [-0.39, 0.29) is 5.97 Å². The average molecular weight is 314 g/mol. The number of carbonyl (C=O) groups is 1. The lowest BCUT2D eigenvalue weighted by Gasteiger charge is -2.14. The molecule has 0 unspecified atom stereocenters. The van der Waals surface area contributed by atoms with Crippen LogP contribution < -0.4 is 10.6 Å². The summed E-state index contributed by atoms with van der Waals surface area (Å²) in [6.07, 6.45) is 1.76. The molecule has 0 aliphatic heterocycles. The van der Waals surface area contributed by atoms with Crippen LogP contribution in [-0.4, -0.2) is 29.1 Å². The summed E-state index contributed by atoms with van der Waals surface area (Å²) in [7, 11) is 0. The number of nitrogens with zero attached hydrogens (tertiary/aromatic N) is 2. The molecule has 0 radical (unpaired) electrons. The summed E-state index contributed by atoms with van der Waals surface area (Å²) < 4.78 is 5.09. The molecule has 0 atom stereocenters. The third kappa shape index (κ3) is 3.97. The summed E-state index contributed by atoms with van der Waals surface area (Å²) in [5.41, 5.74) is 3.12. The van der Waals surface area contributed by atoms with Crippen LogP contribution in [0.4, 0.5) is 17.5 Å². The van der Waals surface area contributed by atoms with Crippen molar-refractivity contribution in [1.29, 1.82) is 0 Å². The van der Waals surface area contributed by atoms with Gasteiger partial charge in [-0.1, -0.05) is 6.07 Å². The fourth-order valence-electron chi connectivity index (χ4n) is 2.14. The summed E-state index contributed by atoms with van der Waals surface area (Å²) in [6, 6.07) is 5.49. The molecule has 0 aliphatic carbocycles. The normalized spacial score (nSPS) is 10.3. The number of hydrogen-bond acceptors (Lipinski definition) is 6. The number of nitrogens with one attached hydrogen (secondary N) is 2. The summed E-state index contributed by atoms with van der Waals surface area (Å²) in [5.74, 6) is 0.959. The summed E-state index contributed by atoms with van der Waals surface area (Å²) in [5, 5.41) is 6.36. The molecule has 1 aromatic heterocycles. The highest BCUT2D eigenvalue weighted by Gasteiger charge is 2.13. The number of ether oxygens (including phenoxy) is 1. The van der Waals surface area contributed by atoms with E-state index in [4.69, 9.17) is 4.74 Å². The third-order valence-corrected chi connectivity index (χ3v) is 3.39. The molecule has 0 bridgehead atoms. The molecule has 0 amide bonds. The molecule has 0 spiro atoms. The zero-order valence-corrected chi connectivity index (χ0v) is 13.9. The van der Waals surface area contributed by atoms with E-state index < -0.39 is 0 Å². The minimum atomic E-state index is -0.318. The van der Waals surface area contributed by atoms with E-state index in [0.717, 1.165) is 23.4 Å². The largest absolute Gasteiger partial charge is 0.462 e. The van der Waals surface area contributed by atoms with Gasteiger partial charge < -0.3 is 15.4 Å². The first-order valence-electron chi connectivity index (χ1n) is 7.68. The Bertz CT molecular complexity index is 701. The van der Waals surface area contributed by atoms with Crippen molar-refractivity contribution >= 4 is 23.4 Å². The molecule has 2 rings (SSSR count). The van der Waals surface area contributed by atoms with Crippen molar-refractivity contribution in [2.45, 2.75) is 27.7 Å². The Kier molecular flexibility index (Phi) is 5.51. The van der Waals surface area contributed by atoms with Gasteiger partial charge in [0.15, 0.2) is 0 Å². The van der Waals surface area contributed by atoms with Crippen LogP contribution >= 0.6 is 0 Å². The molecular weight excluding hydrogens is 292 g/mol. The van der Waals surface area contributed by atoms with Crippen LogP contribution in [0.15, 0.2) is 24.4 Å². The number of aryl methyl sites for hydroxylation is 1. The lowest BCUT2D eigenvalue weighted by Crippen LogP contribution is -2.09. The minimum Gasteiger partial charge on any atom is -0.462 e. The molecule has 2 aromatic rings. The van der Waals surface area contributed by atoms with Gasteiger partial charge in [-0.2, -0.15) is 4.98 Å². The number of hydrogen-bond donors (Lipinski definition) is 2. The number of benzene rings is 1. The van der Waals surface area contributed by atoms with Crippen LogP contribution in [-0.2, 0) is 4.74 Å². The van der Waals surface area contributed by atoms with Gasteiger partial charge in [0.25, 0.3) is 0 Å². The standard InChI is InChI=1S/C17H22N4O2/c1-5-18-17-19-10-11(3)15(21-17)20-14-9-7-8-13(12(14)4)16(22)23-6-2/h7-10H,5-6H2,1-4H3,(H2,18,19,20,21). The number of rotatable bonds is 6. The van der Waals surface area contributed by atoms with Crippen LogP contribution in [0, 0.1) is 13.8 Å². The Morgan fingerprint density at radius 2 is 2.04 bits per heavy atom. The van der Waals surface area contributed by atoms with E-state index in [1.54, 1.807) is 19.2 Å². The maximum absolute atomic E-state index is 12.0. The molecule has 6 nitrogen and oxygen atoms in total. The van der Waals surface area contributed by atoms with E-state index in [1.807, 2.05) is 32.9 Å². The van der Waals surface area contributed by atoms with E-state index in [0.29, 0.717) is 23.9 Å². The highest BCUT2D eigenvalue weighted by atomic mass is 16.5. The second kappa shape index (κ2) is 7.58. The van der Waals surface area contributed by atoms with Crippen LogP contribution in [0.1, 0.15) is 35.3 Å². The van der Waals surface area contributed by atoms with Gasteiger partial charge in [0.1, 0.15) is 5.82 Å². The Morgan fingerprint density at radius 1 is 1.26 bits per heavy atom. The quantitative estimate of drug-likeness (QED) is 0.795. The monoisotopic (exact) mass is 314 g/mol. The summed E-state index contributed by atoms with van der Waals surface area (Å²) >= 11 is 0. The molecule has 2 N–H and O–H groups in total. The van der Waals surface area contributed by atoms with Gasteiger partial charge in [-0.25, -0.2) is 9.78 Å². The maximum Gasteiger partial charge on any atom is 0.338 e. The molecule has 23 heavy (non-hydrogen) atoms. The lowest BCUT2D eigenvalue weighted by molar-refractivity contribution is 0.0525. The van der Waals surface area contributed by atoms with Crippen molar-refractivity contribution < 1.29 is 9.53 Å². The van der Waals surface area contributed by atoms with Gasteiger partial charge in [-0.05, 0) is 45.4 Å². The first-order chi connectivity index (χ1) is 11.1. The van der Waals surface area contributed by atoms with Crippen molar-refractivity contribution in [2.75, 3.05) is 23.8 Å². The Balaban J connectivity index is 2.32.